The maximum absolute atomic E-state index is 15.1. The van der Waals surface area contributed by atoms with Gasteiger partial charge >= 0.3 is 6.03 Å². The largest absolute Gasteiger partial charge is 0.368 e. The lowest BCUT2D eigenvalue weighted by Crippen LogP contribution is -2.19. The van der Waals surface area contributed by atoms with Crippen LogP contribution in [0.15, 0.2) is 48.7 Å². The van der Waals surface area contributed by atoms with E-state index in [-0.39, 0.29) is 16.9 Å². The number of hydrogen-bond acceptors (Lipinski definition) is 6. The number of halogens is 3. The van der Waals surface area contributed by atoms with E-state index in [2.05, 4.69) is 20.6 Å². The number of nitrogens with zero attached hydrogens (tertiary/aromatic N) is 3. The van der Waals surface area contributed by atoms with E-state index in [1.54, 1.807) is 24.3 Å². The average molecular weight is 531 g/mol. The lowest BCUT2D eigenvalue weighted by molar-refractivity contribution is 0.262. The Hall–Kier alpha value is -3.27. The number of benzene rings is 2. The first-order valence-electron chi connectivity index (χ1n) is 10.4. The van der Waals surface area contributed by atoms with Gasteiger partial charge in [-0.2, -0.15) is 0 Å². The van der Waals surface area contributed by atoms with Gasteiger partial charge in [0.2, 0.25) is 5.95 Å². The predicted molar refractivity (Wildman–Crippen MR) is 141 cm³/mol. The SMILES string of the molecule is CC(C)(C)c1nc(-c2ccnc(N)n2)c(-c2cc(NC(=O)Nc3ccc(Cl)c(Cl)c3)ccc2F)s1. The molecule has 4 aromatic rings. The molecule has 0 saturated carbocycles. The molecule has 4 N–H and O–H groups in total. The van der Waals surface area contributed by atoms with E-state index in [1.807, 2.05) is 20.8 Å². The quantitative estimate of drug-likeness (QED) is 0.258. The Balaban J connectivity index is 1.69. The minimum Gasteiger partial charge on any atom is -0.368 e. The lowest BCUT2D eigenvalue weighted by atomic mass is 9.98. The number of carbonyl (C=O) groups is 1. The van der Waals surface area contributed by atoms with Gasteiger partial charge in [-0.3, -0.25) is 0 Å². The molecule has 180 valence electrons. The Morgan fingerprint density at radius 2 is 1.69 bits per heavy atom. The summed E-state index contributed by atoms with van der Waals surface area (Å²) in [4.78, 5) is 26.1. The Bertz CT molecular complexity index is 1420. The van der Waals surface area contributed by atoms with Crippen LogP contribution in [0.2, 0.25) is 10.0 Å². The Morgan fingerprint density at radius 1 is 1.00 bits per heavy atom. The molecule has 0 unspecified atom stereocenters. The van der Waals surface area contributed by atoms with Gasteiger partial charge < -0.3 is 16.4 Å². The fraction of sp³-hybridized carbons (Fsp3) is 0.167. The van der Waals surface area contributed by atoms with Crippen molar-refractivity contribution in [3.8, 4) is 21.8 Å². The number of thiazole rings is 1. The van der Waals surface area contributed by atoms with Gasteiger partial charge in [0.05, 0.1) is 25.6 Å². The number of hydrogen-bond donors (Lipinski definition) is 3. The molecule has 0 saturated heterocycles. The van der Waals surface area contributed by atoms with Gasteiger partial charge in [-0.25, -0.2) is 24.1 Å². The van der Waals surface area contributed by atoms with Crippen molar-refractivity contribution in [3.05, 3.63) is 69.5 Å². The summed E-state index contributed by atoms with van der Waals surface area (Å²) in [5.41, 5.74) is 7.59. The number of carbonyl (C=O) groups excluding carboxylic acids is 1. The van der Waals surface area contributed by atoms with Crippen LogP contribution in [0.3, 0.4) is 0 Å². The standard InChI is InChI=1S/C24H21Cl2FN6OS/c1-24(2,3)21-33-19(18-8-9-29-22(28)32-18)20(35-21)14-10-12(5-7-17(14)27)30-23(34)31-13-4-6-15(25)16(26)11-13/h4-11H,1-3H3,(H2,28,29,32)(H2,30,31,34). The third-order valence-electron chi connectivity index (χ3n) is 4.83. The van der Waals surface area contributed by atoms with Crippen LogP contribution >= 0.6 is 34.5 Å². The molecule has 0 aliphatic heterocycles. The highest BCUT2D eigenvalue weighted by Crippen LogP contribution is 2.42. The summed E-state index contributed by atoms with van der Waals surface area (Å²) in [6, 6.07) is 10.2. The molecule has 4 rings (SSSR count). The third kappa shape index (κ3) is 5.70. The van der Waals surface area contributed by atoms with Crippen molar-refractivity contribution in [1.82, 2.24) is 15.0 Å². The second-order valence-electron chi connectivity index (χ2n) is 8.65. The number of rotatable bonds is 4. The second-order valence-corrected chi connectivity index (χ2v) is 10.5. The van der Waals surface area contributed by atoms with Crippen LogP contribution in [-0.2, 0) is 5.41 Å². The lowest BCUT2D eigenvalue weighted by Gasteiger charge is -2.13. The van der Waals surface area contributed by atoms with Gasteiger partial charge in [0.25, 0.3) is 0 Å². The van der Waals surface area contributed by atoms with E-state index in [0.29, 0.717) is 37.7 Å². The number of nitrogen functional groups attached to an aromatic ring is 1. The molecular weight excluding hydrogens is 510 g/mol. The van der Waals surface area contributed by atoms with Crippen LogP contribution in [0.1, 0.15) is 25.8 Å². The van der Waals surface area contributed by atoms with Crippen molar-refractivity contribution in [2.24, 2.45) is 0 Å². The molecule has 0 bridgehead atoms. The first-order chi connectivity index (χ1) is 16.5. The maximum Gasteiger partial charge on any atom is 0.323 e. The highest BCUT2D eigenvalue weighted by molar-refractivity contribution is 7.15. The summed E-state index contributed by atoms with van der Waals surface area (Å²) in [6.45, 7) is 6.07. The van der Waals surface area contributed by atoms with Crippen molar-refractivity contribution in [2.45, 2.75) is 26.2 Å². The number of nitrogens with one attached hydrogen (secondary N) is 2. The number of aromatic nitrogens is 3. The fourth-order valence-corrected chi connectivity index (χ4v) is 4.59. The van der Waals surface area contributed by atoms with E-state index in [1.165, 1.54) is 35.7 Å². The minimum atomic E-state index is -0.524. The molecule has 2 heterocycles. The summed E-state index contributed by atoms with van der Waals surface area (Å²) in [5.74, 6) is -0.374. The topological polar surface area (TPSA) is 106 Å². The van der Waals surface area contributed by atoms with Gasteiger partial charge in [-0.15, -0.1) is 11.3 Å². The van der Waals surface area contributed by atoms with Crippen LogP contribution in [0, 0.1) is 5.82 Å². The van der Waals surface area contributed by atoms with E-state index >= 15 is 4.39 Å². The molecular formula is C24H21Cl2FN6OS. The highest BCUT2D eigenvalue weighted by Gasteiger charge is 2.25. The number of urea groups is 1. The molecule has 0 aliphatic carbocycles. The molecule has 2 aromatic heterocycles. The molecule has 35 heavy (non-hydrogen) atoms. The number of amides is 2. The van der Waals surface area contributed by atoms with Crippen LogP contribution < -0.4 is 16.4 Å². The summed E-state index contributed by atoms with van der Waals surface area (Å²) >= 11 is 13.3. The van der Waals surface area contributed by atoms with Crippen molar-refractivity contribution in [2.75, 3.05) is 16.4 Å². The van der Waals surface area contributed by atoms with Gasteiger partial charge in [0.15, 0.2) is 0 Å². The van der Waals surface area contributed by atoms with Crippen LogP contribution in [-0.4, -0.2) is 21.0 Å². The smallest absolute Gasteiger partial charge is 0.323 e. The Kier molecular flexibility index (Phi) is 6.93. The zero-order valence-electron chi connectivity index (χ0n) is 19.0. The van der Waals surface area contributed by atoms with E-state index in [4.69, 9.17) is 33.9 Å². The molecule has 0 fully saturated rings. The summed E-state index contributed by atoms with van der Waals surface area (Å²) < 4.78 is 15.1. The highest BCUT2D eigenvalue weighted by atomic mass is 35.5. The summed E-state index contributed by atoms with van der Waals surface area (Å²) in [7, 11) is 0. The molecule has 0 aliphatic rings. The van der Waals surface area contributed by atoms with Crippen molar-refractivity contribution in [1.29, 1.82) is 0 Å². The van der Waals surface area contributed by atoms with Crippen LogP contribution in [0.4, 0.5) is 26.5 Å². The van der Waals surface area contributed by atoms with Crippen LogP contribution in [0.5, 0.6) is 0 Å². The minimum absolute atomic E-state index is 0.0913. The monoisotopic (exact) mass is 530 g/mol. The van der Waals surface area contributed by atoms with Crippen molar-refractivity contribution in [3.63, 3.8) is 0 Å². The predicted octanol–water partition coefficient (Wildman–Crippen LogP) is 7.24. The maximum atomic E-state index is 15.1. The van der Waals surface area contributed by atoms with Gasteiger partial charge in [0.1, 0.15) is 11.5 Å². The van der Waals surface area contributed by atoms with Gasteiger partial charge in [0, 0.05) is 28.6 Å². The number of nitrogens with two attached hydrogens (primary N) is 1. The Morgan fingerprint density at radius 3 is 2.34 bits per heavy atom. The van der Waals surface area contributed by atoms with E-state index in [9.17, 15) is 4.79 Å². The molecule has 0 spiro atoms. The Labute approximate surface area is 215 Å². The molecule has 0 radical (unpaired) electrons. The fourth-order valence-electron chi connectivity index (χ4n) is 3.15. The van der Waals surface area contributed by atoms with Gasteiger partial charge in [-0.1, -0.05) is 44.0 Å². The van der Waals surface area contributed by atoms with Crippen molar-refractivity contribution >= 4 is 57.9 Å². The first-order valence-corrected chi connectivity index (χ1v) is 12.0. The van der Waals surface area contributed by atoms with Crippen molar-refractivity contribution < 1.29 is 9.18 Å². The molecule has 2 amide bonds. The molecule has 11 heteroatoms. The number of anilines is 3. The van der Waals surface area contributed by atoms with Crippen LogP contribution in [0.25, 0.3) is 21.8 Å². The summed E-state index contributed by atoms with van der Waals surface area (Å²) in [5, 5.41) is 6.87. The summed E-state index contributed by atoms with van der Waals surface area (Å²) in [6.07, 6.45) is 1.53. The molecule has 0 atom stereocenters. The van der Waals surface area contributed by atoms with Gasteiger partial charge in [-0.05, 0) is 42.5 Å². The molecule has 2 aromatic carbocycles. The second kappa shape index (κ2) is 9.77. The third-order valence-corrected chi connectivity index (χ3v) is 7.09. The normalized spacial score (nSPS) is 11.4. The average Bonchev–Trinajstić information content (AvgIpc) is 3.23. The van der Waals surface area contributed by atoms with E-state index < -0.39 is 11.8 Å². The zero-order chi connectivity index (χ0) is 25.3. The molecule has 7 nitrogen and oxygen atoms in total. The van der Waals surface area contributed by atoms with E-state index in [0.717, 1.165) is 5.01 Å². The first kappa shape index (κ1) is 24.8. The zero-order valence-corrected chi connectivity index (χ0v) is 21.3.